The molecule has 2 aromatic heterocycles. The van der Waals surface area contributed by atoms with Crippen LogP contribution in [0, 0.1) is 13.8 Å². The second-order valence-electron chi connectivity index (χ2n) is 7.00. The monoisotopic (exact) mass is 364 g/mol. The maximum Gasteiger partial charge on any atom is 0.272 e. The first-order valence-corrected chi connectivity index (χ1v) is 9.23. The number of anilines is 1. The molecule has 0 spiro atoms. The number of nitrogens with zero attached hydrogens (tertiary/aromatic N) is 2. The normalized spacial score (nSPS) is 13.5. The molecule has 1 aromatic carbocycles. The molecular weight excluding hydrogens is 340 g/mol. The molecule has 140 valence electrons. The zero-order valence-corrected chi connectivity index (χ0v) is 15.9. The van der Waals surface area contributed by atoms with E-state index in [9.17, 15) is 4.79 Å². The third-order valence-corrected chi connectivity index (χ3v) is 5.28. The van der Waals surface area contributed by atoms with E-state index >= 15 is 0 Å². The largest absolute Gasteiger partial charge is 0.497 e. The predicted octanol–water partition coefficient (Wildman–Crippen LogP) is 3.65. The van der Waals surface area contributed by atoms with Crippen LogP contribution in [-0.4, -0.2) is 41.0 Å². The van der Waals surface area contributed by atoms with Crippen LogP contribution >= 0.6 is 0 Å². The number of nitrogens with one attached hydrogen (secondary N) is 2. The number of rotatable bonds is 5. The summed E-state index contributed by atoms with van der Waals surface area (Å²) >= 11 is 0. The van der Waals surface area contributed by atoms with Gasteiger partial charge >= 0.3 is 0 Å². The topological polar surface area (TPSA) is 70.2 Å². The summed E-state index contributed by atoms with van der Waals surface area (Å²) < 4.78 is 5.21. The van der Waals surface area contributed by atoms with Gasteiger partial charge in [0.05, 0.1) is 12.6 Å². The Balaban J connectivity index is 1.66. The summed E-state index contributed by atoms with van der Waals surface area (Å²) in [6.07, 6.45) is 1.07. The van der Waals surface area contributed by atoms with E-state index in [1.165, 1.54) is 0 Å². The number of H-pyrrole nitrogens is 1. The van der Waals surface area contributed by atoms with Crippen molar-refractivity contribution in [1.82, 2.24) is 14.9 Å². The fourth-order valence-corrected chi connectivity index (χ4v) is 3.30. The number of likely N-dealkylation sites (tertiary alicyclic amines) is 1. The molecular formula is C21H24N4O2. The Kier molecular flexibility index (Phi) is 4.48. The molecule has 6 heteroatoms. The van der Waals surface area contributed by atoms with Crippen LogP contribution in [-0.2, 0) is 6.54 Å². The first-order valence-electron chi connectivity index (χ1n) is 9.23. The predicted molar refractivity (Wildman–Crippen MR) is 106 cm³/mol. The van der Waals surface area contributed by atoms with Gasteiger partial charge in [-0.05, 0) is 49.6 Å². The van der Waals surface area contributed by atoms with Crippen molar-refractivity contribution in [2.45, 2.75) is 26.8 Å². The second kappa shape index (κ2) is 6.95. The van der Waals surface area contributed by atoms with Gasteiger partial charge in [0.15, 0.2) is 5.82 Å². The average molecular weight is 364 g/mol. The lowest BCUT2D eigenvalue weighted by Crippen LogP contribution is -2.42. The minimum atomic E-state index is 0.00824. The Labute approximate surface area is 158 Å². The number of carbonyl (C=O) groups is 1. The lowest BCUT2D eigenvalue weighted by atomic mass is 10.1. The lowest BCUT2D eigenvalue weighted by molar-refractivity contribution is 0.0646. The van der Waals surface area contributed by atoms with Crippen molar-refractivity contribution in [2.24, 2.45) is 0 Å². The van der Waals surface area contributed by atoms with E-state index in [0.29, 0.717) is 18.1 Å². The number of fused-ring (bicyclic) bond motifs is 1. The standard InChI is InChI=1S/C21H24N4O2/c1-13-14(2)23-19-17(13)11-18(21(26)25-9-4-10-25)24-20(19)22-12-15-5-7-16(27-3)8-6-15/h5-8,11,23H,4,9-10,12H2,1-3H3,(H,22,24). The number of aromatic amines is 1. The van der Waals surface area contributed by atoms with Crippen molar-refractivity contribution in [3.63, 3.8) is 0 Å². The molecule has 1 aliphatic rings. The van der Waals surface area contributed by atoms with Gasteiger partial charge in [-0.25, -0.2) is 4.98 Å². The molecule has 0 saturated carbocycles. The van der Waals surface area contributed by atoms with E-state index in [1.807, 2.05) is 42.2 Å². The lowest BCUT2D eigenvalue weighted by Gasteiger charge is -2.30. The molecule has 0 unspecified atom stereocenters. The maximum atomic E-state index is 12.7. The number of carbonyl (C=O) groups excluding carboxylic acids is 1. The van der Waals surface area contributed by atoms with Crippen molar-refractivity contribution >= 4 is 22.6 Å². The van der Waals surface area contributed by atoms with E-state index in [-0.39, 0.29) is 5.91 Å². The van der Waals surface area contributed by atoms with Crippen molar-refractivity contribution in [3.05, 3.63) is 52.8 Å². The van der Waals surface area contributed by atoms with Gasteiger partial charge in [-0.2, -0.15) is 0 Å². The number of aryl methyl sites for hydroxylation is 2. The number of hydrogen-bond acceptors (Lipinski definition) is 4. The van der Waals surface area contributed by atoms with Crippen LogP contribution in [0.2, 0.25) is 0 Å². The molecule has 0 aliphatic carbocycles. The summed E-state index contributed by atoms with van der Waals surface area (Å²) in [7, 11) is 1.66. The van der Waals surface area contributed by atoms with E-state index in [2.05, 4.69) is 22.2 Å². The first-order chi connectivity index (χ1) is 13.1. The highest BCUT2D eigenvalue weighted by Gasteiger charge is 2.24. The number of benzene rings is 1. The van der Waals surface area contributed by atoms with Crippen LogP contribution in [0.3, 0.4) is 0 Å². The molecule has 1 saturated heterocycles. The van der Waals surface area contributed by atoms with Gasteiger partial charge < -0.3 is 19.9 Å². The van der Waals surface area contributed by atoms with Crippen molar-refractivity contribution < 1.29 is 9.53 Å². The number of pyridine rings is 1. The van der Waals surface area contributed by atoms with E-state index in [0.717, 1.165) is 53.0 Å². The van der Waals surface area contributed by atoms with E-state index in [4.69, 9.17) is 4.74 Å². The minimum Gasteiger partial charge on any atom is -0.497 e. The molecule has 0 bridgehead atoms. The third kappa shape index (κ3) is 3.23. The van der Waals surface area contributed by atoms with Crippen molar-refractivity contribution in [1.29, 1.82) is 0 Å². The smallest absolute Gasteiger partial charge is 0.272 e. The van der Waals surface area contributed by atoms with Gasteiger partial charge in [-0.1, -0.05) is 12.1 Å². The van der Waals surface area contributed by atoms with Gasteiger partial charge in [0.2, 0.25) is 0 Å². The van der Waals surface area contributed by atoms with Crippen molar-refractivity contribution in [2.75, 3.05) is 25.5 Å². The highest BCUT2D eigenvalue weighted by molar-refractivity contribution is 6.00. The molecule has 0 atom stereocenters. The van der Waals surface area contributed by atoms with Crippen molar-refractivity contribution in [3.8, 4) is 5.75 Å². The zero-order chi connectivity index (χ0) is 19.0. The van der Waals surface area contributed by atoms with Crippen LogP contribution in [0.4, 0.5) is 5.82 Å². The summed E-state index contributed by atoms with van der Waals surface area (Å²) in [6.45, 7) is 6.36. The Morgan fingerprint density at radius 3 is 2.63 bits per heavy atom. The maximum absolute atomic E-state index is 12.7. The molecule has 1 aliphatic heterocycles. The summed E-state index contributed by atoms with van der Waals surface area (Å²) in [4.78, 5) is 22.6. The Bertz CT molecular complexity index is 988. The summed E-state index contributed by atoms with van der Waals surface area (Å²) in [5, 5.41) is 4.44. The third-order valence-electron chi connectivity index (χ3n) is 5.28. The summed E-state index contributed by atoms with van der Waals surface area (Å²) in [5.74, 6) is 1.55. The second-order valence-corrected chi connectivity index (χ2v) is 7.00. The van der Waals surface area contributed by atoms with Gasteiger partial charge in [-0.3, -0.25) is 4.79 Å². The molecule has 27 heavy (non-hydrogen) atoms. The van der Waals surface area contributed by atoms with E-state index in [1.54, 1.807) is 7.11 Å². The highest BCUT2D eigenvalue weighted by Crippen LogP contribution is 2.28. The summed E-state index contributed by atoms with van der Waals surface area (Å²) in [5.41, 5.74) is 4.80. The SMILES string of the molecule is COc1ccc(CNc2nc(C(=O)N3CCC3)cc3c(C)c(C)[nH]c23)cc1. The molecule has 0 radical (unpaired) electrons. The van der Waals surface area contributed by atoms with Gasteiger partial charge in [0.1, 0.15) is 11.4 Å². The molecule has 2 N–H and O–H groups in total. The number of methoxy groups -OCH3 is 1. The molecule has 6 nitrogen and oxygen atoms in total. The number of aromatic nitrogens is 2. The number of hydrogen-bond donors (Lipinski definition) is 2. The van der Waals surface area contributed by atoms with Crippen LogP contribution < -0.4 is 10.1 Å². The Hall–Kier alpha value is -3.02. The average Bonchev–Trinajstić information content (AvgIpc) is 2.93. The fraction of sp³-hybridized carbons (Fsp3) is 0.333. The van der Waals surface area contributed by atoms with Crippen LogP contribution in [0.1, 0.15) is 33.7 Å². The van der Waals surface area contributed by atoms with Gasteiger partial charge in [0, 0.05) is 30.7 Å². The quantitative estimate of drug-likeness (QED) is 0.725. The molecule has 1 fully saturated rings. The van der Waals surface area contributed by atoms with Crippen LogP contribution in [0.25, 0.3) is 10.9 Å². The fourth-order valence-electron chi connectivity index (χ4n) is 3.30. The molecule has 4 rings (SSSR count). The zero-order valence-electron chi connectivity index (χ0n) is 15.9. The van der Waals surface area contributed by atoms with Crippen LogP contribution in [0.15, 0.2) is 30.3 Å². The summed E-state index contributed by atoms with van der Waals surface area (Å²) in [6, 6.07) is 9.82. The Morgan fingerprint density at radius 2 is 2.00 bits per heavy atom. The van der Waals surface area contributed by atoms with Gasteiger partial charge in [0.25, 0.3) is 5.91 Å². The molecule has 3 heterocycles. The Morgan fingerprint density at radius 1 is 1.26 bits per heavy atom. The van der Waals surface area contributed by atoms with Gasteiger partial charge in [-0.15, -0.1) is 0 Å². The van der Waals surface area contributed by atoms with Crippen LogP contribution in [0.5, 0.6) is 5.75 Å². The molecule has 3 aromatic rings. The number of amides is 1. The van der Waals surface area contributed by atoms with E-state index < -0.39 is 0 Å². The number of ether oxygens (including phenoxy) is 1. The molecule has 1 amide bonds. The first kappa shape index (κ1) is 17.4. The minimum absolute atomic E-state index is 0.00824. The highest BCUT2D eigenvalue weighted by atomic mass is 16.5.